The lowest BCUT2D eigenvalue weighted by atomic mass is 9.86. The molecule has 138 valence electrons. The number of anilines is 1. The average molecular weight is 348 g/mol. The summed E-state index contributed by atoms with van der Waals surface area (Å²) >= 11 is 0. The molecule has 1 saturated carbocycles. The minimum Gasteiger partial charge on any atom is -0.481 e. The molecule has 25 heavy (non-hydrogen) atoms. The van der Waals surface area contributed by atoms with Crippen molar-refractivity contribution in [2.24, 2.45) is 5.92 Å². The molecule has 0 atom stereocenters. The summed E-state index contributed by atoms with van der Waals surface area (Å²) in [6.07, 6.45) is 3.87. The SMILES string of the molecule is CCOCCCNC(=O)c1cccc(NC2CCC(C(=O)O)CC2)c1. The first-order valence-corrected chi connectivity index (χ1v) is 9.05. The lowest BCUT2D eigenvalue weighted by molar-refractivity contribution is -0.142. The summed E-state index contributed by atoms with van der Waals surface area (Å²) in [5.74, 6) is -0.997. The van der Waals surface area contributed by atoms with E-state index in [0.29, 0.717) is 38.2 Å². The Hall–Kier alpha value is -2.08. The van der Waals surface area contributed by atoms with Crippen LogP contribution in [0.5, 0.6) is 0 Å². The van der Waals surface area contributed by atoms with Crippen molar-refractivity contribution in [1.29, 1.82) is 0 Å². The Bertz CT molecular complexity index is 568. The standard InChI is InChI=1S/C19H28N2O4/c1-2-25-12-4-11-20-18(22)15-5-3-6-17(13-15)21-16-9-7-14(8-10-16)19(23)24/h3,5-6,13-14,16,21H,2,4,7-12H2,1H3,(H,20,22)(H,23,24). The number of ether oxygens (including phenoxy) is 1. The van der Waals surface area contributed by atoms with E-state index in [4.69, 9.17) is 9.84 Å². The van der Waals surface area contributed by atoms with E-state index in [1.165, 1.54) is 0 Å². The minimum absolute atomic E-state index is 0.0882. The first-order chi connectivity index (χ1) is 12.1. The molecule has 1 fully saturated rings. The zero-order chi connectivity index (χ0) is 18.1. The molecule has 0 radical (unpaired) electrons. The molecule has 0 aromatic heterocycles. The first-order valence-electron chi connectivity index (χ1n) is 9.05. The van der Waals surface area contributed by atoms with Crippen molar-refractivity contribution in [1.82, 2.24) is 5.32 Å². The van der Waals surface area contributed by atoms with Gasteiger partial charge in [0.15, 0.2) is 0 Å². The van der Waals surface area contributed by atoms with Crippen molar-refractivity contribution in [3.05, 3.63) is 29.8 Å². The average Bonchev–Trinajstić information content (AvgIpc) is 2.62. The monoisotopic (exact) mass is 348 g/mol. The van der Waals surface area contributed by atoms with Crippen LogP contribution in [0.1, 0.15) is 49.4 Å². The fraction of sp³-hybridized carbons (Fsp3) is 0.579. The van der Waals surface area contributed by atoms with E-state index in [9.17, 15) is 9.59 Å². The maximum absolute atomic E-state index is 12.2. The molecule has 6 nitrogen and oxygen atoms in total. The molecular weight excluding hydrogens is 320 g/mol. The van der Waals surface area contributed by atoms with Gasteiger partial charge < -0.3 is 20.5 Å². The molecule has 3 N–H and O–H groups in total. The quantitative estimate of drug-likeness (QED) is 0.597. The third-order valence-electron chi connectivity index (χ3n) is 4.53. The molecule has 0 saturated heterocycles. The number of carbonyl (C=O) groups is 2. The van der Waals surface area contributed by atoms with Crippen LogP contribution < -0.4 is 10.6 Å². The Morgan fingerprint density at radius 2 is 2.00 bits per heavy atom. The number of benzene rings is 1. The Balaban J connectivity index is 1.80. The number of nitrogens with one attached hydrogen (secondary N) is 2. The Morgan fingerprint density at radius 1 is 1.24 bits per heavy atom. The van der Waals surface area contributed by atoms with Crippen LogP contribution >= 0.6 is 0 Å². The third-order valence-corrected chi connectivity index (χ3v) is 4.53. The summed E-state index contributed by atoms with van der Waals surface area (Å²) in [5, 5.41) is 15.4. The molecule has 1 aliphatic rings. The van der Waals surface area contributed by atoms with Crippen LogP contribution in [-0.2, 0) is 9.53 Å². The van der Waals surface area contributed by atoms with Crippen molar-refractivity contribution in [2.75, 3.05) is 25.1 Å². The first kappa shape index (κ1) is 19.2. The summed E-state index contributed by atoms with van der Waals surface area (Å²) in [6.45, 7) is 3.88. The predicted octanol–water partition coefficient (Wildman–Crippen LogP) is 2.90. The Labute approximate surface area is 149 Å². The van der Waals surface area contributed by atoms with E-state index in [2.05, 4.69) is 10.6 Å². The Morgan fingerprint density at radius 3 is 2.68 bits per heavy atom. The lowest BCUT2D eigenvalue weighted by Gasteiger charge is -2.27. The summed E-state index contributed by atoms with van der Waals surface area (Å²) in [7, 11) is 0. The molecule has 1 aromatic carbocycles. The van der Waals surface area contributed by atoms with Crippen molar-refractivity contribution in [2.45, 2.75) is 45.1 Å². The highest BCUT2D eigenvalue weighted by atomic mass is 16.5. The van der Waals surface area contributed by atoms with Crippen LogP contribution in [0.3, 0.4) is 0 Å². The molecule has 2 rings (SSSR count). The van der Waals surface area contributed by atoms with Gasteiger partial charge in [-0.25, -0.2) is 0 Å². The molecule has 1 aliphatic carbocycles. The molecule has 0 unspecified atom stereocenters. The van der Waals surface area contributed by atoms with Gasteiger partial charge in [0.2, 0.25) is 0 Å². The molecular formula is C19H28N2O4. The fourth-order valence-electron chi connectivity index (χ4n) is 3.09. The summed E-state index contributed by atoms with van der Waals surface area (Å²) in [5.41, 5.74) is 1.53. The topological polar surface area (TPSA) is 87.7 Å². The van der Waals surface area contributed by atoms with Gasteiger partial charge in [-0.05, 0) is 57.2 Å². The van der Waals surface area contributed by atoms with Crippen LogP contribution in [-0.4, -0.2) is 42.8 Å². The largest absolute Gasteiger partial charge is 0.481 e. The van der Waals surface area contributed by atoms with Gasteiger partial charge in [0.05, 0.1) is 5.92 Å². The highest BCUT2D eigenvalue weighted by molar-refractivity contribution is 5.95. The molecule has 0 aliphatic heterocycles. The Kier molecular flexibility index (Phi) is 7.73. The lowest BCUT2D eigenvalue weighted by Crippen LogP contribution is -2.29. The molecule has 1 aromatic rings. The van der Waals surface area contributed by atoms with Gasteiger partial charge in [-0.2, -0.15) is 0 Å². The fourth-order valence-corrected chi connectivity index (χ4v) is 3.09. The predicted molar refractivity (Wildman–Crippen MR) is 96.9 cm³/mol. The van der Waals surface area contributed by atoms with E-state index in [0.717, 1.165) is 24.9 Å². The van der Waals surface area contributed by atoms with Crippen LogP contribution in [0, 0.1) is 5.92 Å². The maximum atomic E-state index is 12.2. The summed E-state index contributed by atoms with van der Waals surface area (Å²) < 4.78 is 5.25. The van der Waals surface area contributed by atoms with Crippen LogP contribution in [0.15, 0.2) is 24.3 Å². The van der Waals surface area contributed by atoms with Gasteiger partial charge in [-0.3, -0.25) is 9.59 Å². The van der Waals surface area contributed by atoms with Gasteiger partial charge in [-0.15, -0.1) is 0 Å². The second-order valence-corrected chi connectivity index (χ2v) is 6.42. The number of hydrogen-bond donors (Lipinski definition) is 3. The number of aliphatic carboxylic acids is 1. The highest BCUT2D eigenvalue weighted by Crippen LogP contribution is 2.27. The zero-order valence-electron chi connectivity index (χ0n) is 14.8. The van der Waals surface area contributed by atoms with Gasteiger partial charge in [0.1, 0.15) is 0 Å². The number of hydrogen-bond acceptors (Lipinski definition) is 4. The second kappa shape index (κ2) is 10.0. The minimum atomic E-state index is -0.693. The van der Waals surface area contributed by atoms with E-state index in [1.54, 1.807) is 6.07 Å². The molecule has 0 spiro atoms. The smallest absolute Gasteiger partial charge is 0.306 e. The maximum Gasteiger partial charge on any atom is 0.306 e. The van der Waals surface area contributed by atoms with Gasteiger partial charge >= 0.3 is 5.97 Å². The summed E-state index contributed by atoms with van der Waals surface area (Å²) in [6, 6.07) is 7.71. The molecule has 6 heteroatoms. The van der Waals surface area contributed by atoms with Crippen molar-refractivity contribution in [3.63, 3.8) is 0 Å². The van der Waals surface area contributed by atoms with Crippen LogP contribution in [0.4, 0.5) is 5.69 Å². The normalized spacial score (nSPS) is 20.0. The van der Waals surface area contributed by atoms with Crippen LogP contribution in [0.2, 0.25) is 0 Å². The number of amides is 1. The van der Waals surface area contributed by atoms with E-state index in [1.807, 2.05) is 25.1 Å². The van der Waals surface area contributed by atoms with Gasteiger partial charge in [0, 0.05) is 37.1 Å². The molecule has 0 heterocycles. The number of carbonyl (C=O) groups excluding carboxylic acids is 1. The number of carboxylic acid groups (broad SMARTS) is 1. The van der Waals surface area contributed by atoms with Crippen molar-refractivity contribution < 1.29 is 19.4 Å². The van der Waals surface area contributed by atoms with Crippen LogP contribution in [0.25, 0.3) is 0 Å². The third kappa shape index (κ3) is 6.38. The van der Waals surface area contributed by atoms with Gasteiger partial charge in [-0.1, -0.05) is 6.07 Å². The molecule has 1 amide bonds. The number of rotatable bonds is 9. The number of carboxylic acids is 1. The highest BCUT2D eigenvalue weighted by Gasteiger charge is 2.25. The van der Waals surface area contributed by atoms with E-state index in [-0.39, 0.29) is 17.9 Å². The summed E-state index contributed by atoms with van der Waals surface area (Å²) in [4.78, 5) is 23.2. The zero-order valence-corrected chi connectivity index (χ0v) is 14.8. The van der Waals surface area contributed by atoms with E-state index < -0.39 is 5.97 Å². The molecule has 0 bridgehead atoms. The van der Waals surface area contributed by atoms with Crippen molar-refractivity contribution >= 4 is 17.6 Å². The second-order valence-electron chi connectivity index (χ2n) is 6.42. The van der Waals surface area contributed by atoms with E-state index >= 15 is 0 Å². The van der Waals surface area contributed by atoms with Gasteiger partial charge in [0.25, 0.3) is 5.91 Å². The van der Waals surface area contributed by atoms with Crippen molar-refractivity contribution in [3.8, 4) is 0 Å².